The van der Waals surface area contributed by atoms with E-state index >= 15 is 0 Å². The Morgan fingerprint density at radius 2 is 1.78 bits per heavy atom. The molecule has 0 fully saturated rings. The number of hydrogen-bond donors (Lipinski definition) is 1. The van der Waals surface area contributed by atoms with Gasteiger partial charge in [0, 0.05) is 13.7 Å². The summed E-state index contributed by atoms with van der Waals surface area (Å²) in [6.07, 6.45) is 0. The van der Waals surface area contributed by atoms with Gasteiger partial charge in [-0.05, 0) is 40.1 Å². The number of rotatable bonds is 6. The summed E-state index contributed by atoms with van der Waals surface area (Å²) in [7, 11) is 1.68. The number of nitrogens with zero attached hydrogens (tertiary/aromatic N) is 1. The maximum absolute atomic E-state index is 5.97. The molecule has 27 heavy (non-hydrogen) atoms. The van der Waals surface area contributed by atoms with E-state index in [0.717, 1.165) is 35.6 Å². The summed E-state index contributed by atoms with van der Waals surface area (Å²) in [5.41, 5.74) is 3.43. The lowest BCUT2D eigenvalue weighted by molar-refractivity contribution is 0.146. The van der Waals surface area contributed by atoms with E-state index < -0.39 is 0 Å². The van der Waals surface area contributed by atoms with Gasteiger partial charge in [0.15, 0.2) is 0 Å². The Hall–Kier alpha value is -2.56. The van der Waals surface area contributed by atoms with Crippen molar-refractivity contribution in [1.82, 2.24) is 5.32 Å². The van der Waals surface area contributed by atoms with Crippen LogP contribution in [0.5, 0.6) is 5.75 Å². The average Bonchev–Trinajstić information content (AvgIpc) is 3.22. The van der Waals surface area contributed by atoms with E-state index in [1.165, 1.54) is 16.5 Å². The number of aliphatic imine (C=N–C) groups is 1. The Morgan fingerprint density at radius 1 is 0.926 bits per heavy atom. The van der Waals surface area contributed by atoms with Crippen LogP contribution in [-0.4, -0.2) is 39.2 Å². The van der Waals surface area contributed by atoms with E-state index in [4.69, 9.17) is 9.47 Å². The van der Waals surface area contributed by atoms with Crippen LogP contribution in [0.2, 0.25) is 0 Å². The van der Waals surface area contributed by atoms with Gasteiger partial charge in [-0.3, -0.25) is 4.99 Å². The molecular weight excluding hydrogens is 360 g/mol. The van der Waals surface area contributed by atoms with Crippen molar-refractivity contribution in [2.75, 3.05) is 33.4 Å². The Morgan fingerprint density at radius 3 is 2.52 bits per heavy atom. The van der Waals surface area contributed by atoms with E-state index in [2.05, 4.69) is 64.9 Å². The van der Waals surface area contributed by atoms with Crippen molar-refractivity contribution in [3.8, 4) is 16.9 Å². The first-order valence-electron chi connectivity index (χ1n) is 8.89. The number of benzene rings is 3. The zero-order valence-corrected chi connectivity index (χ0v) is 16.1. The molecule has 0 bridgehead atoms. The zero-order chi connectivity index (χ0) is 17.8. The van der Waals surface area contributed by atoms with Crippen LogP contribution in [0.15, 0.2) is 65.7 Å². The second-order valence-electron chi connectivity index (χ2n) is 6.27. The minimum Gasteiger partial charge on any atom is -0.490 e. The number of methoxy groups -OCH3 is 1. The highest BCUT2D eigenvalue weighted by Gasteiger charge is 2.15. The van der Waals surface area contributed by atoms with E-state index in [1.54, 1.807) is 7.11 Å². The highest BCUT2D eigenvalue weighted by Crippen LogP contribution is 2.30. The van der Waals surface area contributed by atoms with Gasteiger partial charge in [-0.15, -0.1) is 12.4 Å². The lowest BCUT2D eigenvalue weighted by Crippen LogP contribution is -2.20. The summed E-state index contributed by atoms with van der Waals surface area (Å²) >= 11 is 0. The fourth-order valence-corrected chi connectivity index (χ4v) is 3.20. The third-order valence-electron chi connectivity index (χ3n) is 4.52. The van der Waals surface area contributed by atoms with Crippen molar-refractivity contribution in [3.05, 3.63) is 66.2 Å². The normalized spacial score (nSPS) is 13.0. The highest BCUT2D eigenvalue weighted by atomic mass is 35.5. The van der Waals surface area contributed by atoms with Crippen LogP contribution in [0, 0.1) is 0 Å². The first-order valence-corrected chi connectivity index (χ1v) is 8.89. The van der Waals surface area contributed by atoms with Gasteiger partial charge in [-0.1, -0.05) is 42.5 Å². The van der Waals surface area contributed by atoms with Crippen molar-refractivity contribution >= 4 is 29.0 Å². The molecule has 1 aliphatic heterocycles. The maximum atomic E-state index is 5.97. The molecule has 0 amide bonds. The van der Waals surface area contributed by atoms with Gasteiger partial charge in [0.1, 0.15) is 18.2 Å². The molecule has 0 atom stereocenters. The summed E-state index contributed by atoms with van der Waals surface area (Å²) in [6, 6.07) is 21.2. The van der Waals surface area contributed by atoms with Crippen LogP contribution >= 0.6 is 12.4 Å². The van der Waals surface area contributed by atoms with Crippen molar-refractivity contribution in [1.29, 1.82) is 0 Å². The fourth-order valence-electron chi connectivity index (χ4n) is 3.20. The Bertz CT molecular complexity index is 942. The van der Waals surface area contributed by atoms with Crippen LogP contribution in [0.1, 0.15) is 5.56 Å². The molecule has 1 aliphatic rings. The molecule has 0 saturated carbocycles. The van der Waals surface area contributed by atoms with Gasteiger partial charge < -0.3 is 14.8 Å². The lowest BCUT2D eigenvalue weighted by Gasteiger charge is -2.14. The molecular formula is C22H23ClN2O2. The number of nitrogens with one attached hydrogen (secondary N) is 1. The first kappa shape index (κ1) is 19.2. The molecule has 0 spiro atoms. The van der Waals surface area contributed by atoms with Crippen molar-refractivity contribution in [3.63, 3.8) is 0 Å². The first-order chi connectivity index (χ1) is 12.8. The van der Waals surface area contributed by atoms with Crippen molar-refractivity contribution in [2.45, 2.75) is 0 Å². The molecule has 4 rings (SSSR count). The SMILES string of the molecule is COCCOc1cc2ccc(-c3ccccc3)cc2cc1C1=NCCN1.Cl. The topological polar surface area (TPSA) is 42.9 Å². The maximum Gasteiger partial charge on any atom is 0.132 e. The molecule has 1 heterocycles. The summed E-state index contributed by atoms with van der Waals surface area (Å²) in [6.45, 7) is 2.75. The van der Waals surface area contributed by atoms with Crippen molar-refractivity contribution < 1.29 is 9.47 Å². The minimum absolute atomic E-state index is 0. The molecule has 1 N–H and O–H groups in total. The largest absolute Gasteiger partial charge is 0.490 e. The number of fused-ring (bicyclic) bond motifs is 1. The number of ether oxygens (including phenoxy) is 2. The lowest BCUT2D eigenvalue weighted by atomic mass is 9.99. The monoisotopic (exact) mass is 382 g/mol. The van der Waals surface area contributed by atoms with E-state index in [0.29, 0.717) is 13.2 Å². The Labute approximate surface area is 165 Å². The van der Waals surface area contributed by atoms with Crippen LogP contribution < -0.4 is 10.1 Å². The molecule has 4 nitrogen and oxygen atoms in total. The second kappa shape index (κ2) is 8.89. The highest BCUT2D eigenvalue weighted by molar-refractivity contribution is 6.06. The zero-order valence-electron chi connectivity index (χ0n) is 15.3. The standard InChI is InChI=1S/C22H22N2O2.ClH/c1-25-11-12-26-21-15-18-8-7-17(16-5-3-2-4-6-16)13-19(18)14-20(21)22-23-9-10-24-22;/h2-8,13-15H,9-12H2,1H3,(H,23,24);1H. The third-order valence-corrected chi connectivity index (χ3v) is 4.52. The number of hydrogen-bond acceptors (Lipinski definition) is 4. The summed E-state index contributed by atoms with van der Waals surface area (Å²) in [5, 5.41) is 5.68. The summed E-state index contributed by atoms with van der Waals surface area (Å²) in [5.74, 6) is 1.75. The molecule has 3 aromatic rings. The van der Waals surface area contributed by atoms with Gasteiger partial charge in [0.05, 0.1) is 18.7 Å². The number of amidine groups is 1. The molecule has 0 unspecified atom stereocenters. The van der Waals surface area contributed by atoms with Crippen molar-refractivity contribution in [2.24, 2.45) is 4.99 Å². The molecule has 0 radical (unpaired) electrons. The van der Waals surface area contributed by atoms with Gasteiger partial charge in [-0.2, -0.15) is 0 Å². The summed E-state index contributed by atoms with van der Waals surface area (Å²) < 4.78 is 11.1. The van der Waals surface area contributed by atoms with E-state index in [-0.39, 0.29) is 12.4 Å². The minimum atomic E-state index is 0. The van der Waals surface area contributed by atoms with Crippen LogP contribution in [0.25, 0.3) is 21.9 Å². The average molecular weight is 383 g/mol. The van der Waals surface area contributed by atoms with Crippen LogP contribution in [0.3, 0.4) is 0 Å². The molecule has 5 heteroatoms. The summed E-state index contributed by atoms with van der Waals surface area (Å²) in [4.78, 5) is 4.58. The molecule has 3 aromatic carbocycles. The third kappa shape index (κ3) is 4.24. The predicted octanol–water partition coefficient (Wildman–Crippen LogP) is 4.30. The Balaban J connectivity index is 0.00000210. The number of halogens is 1. The van der Waals surface area contributed by atoms with Gasteiger partial charge in [-0.25, -0.2) is 0 Å². The van der Waals surface area contributed by atoms with Crippen LogP contribution in [0.4, 0.5) is 0 Å². The molecule has 0 aromatic heterocycles. The van der Waals surface area contributed by atoms with E-state index in [1.807, 2.05) is 6.07 Å². The molecule has 0 saturated heterocycles. The quantitative estimate of drug-likeness (QED) is 0.646. The molecule has 140 valence electrons. The van der Waals surface area contributed by atoms with E-state index in [9.17, 15) is 0 Å². The fraction of sp³-hybridized carbons (Fsp3) is 0.227. The molecule has 0 aliphatic carbocycles. The van der Waals surface area contributed by atoms with Crippen LogP contribution in [-0.2, 0) is 4.74 Å². The van der Waals surface area contributed by atoms with Gasteiger partial charge >= 0.3 is 0 Å². The Kier molecular flexibility index (Phi) is 6.32. The van der Waals surface area contributed by atoms with Gasteiger partial charge in [0.2, 0.25) is 0 Å². The second-order valence-corrected chi connectivity index (χ2v) is 6.27. The predicted molar refractivity (Wildman–Crippen MR) is 113 cm³/mol. The smallest absolute Gasteiger partial charge is 0.132 e. The van der Waals surface area contributed by atoms with Gasteiger partial charge in [0.25, 0.3) is 0 Å².